The SMILES string of the molecule is CCOCCN(CC)C(=O)C1CNc2ccccc2O1. The molecule has 1 amide bonds. The summed E-state index contributed by atoms with van der Waals surface area (Å²) in [6.45, 7) is 6.91. The quantitative estimate of drug-likeness (QED) is 0.805. The molecular formula is C15H22N2O3. The van der Waals surface area contributed by atoms with Gasteiger partial charge in [-0.2, -0.15) is 0 Å². The fourth-order valence-electron chi connectivity index (χ4n) is 2.20. The van der Waals surface area contributed by atoms with Crippen LogP contribution in [0.15, 0.2) is 24.3 Å². The van der Waals surface area contributed by atoms with Crippen molar-refractivity contribution in [3.63, 3.8) is 0 Å². The van der Waals surface area contributed by atoms with Gasteiger partial charge < -0.3 is 19.7 Å². The first-order valence-electron chi connectivity index (χ1n) is 7.12. The van der Waals surface area contributed by atoms with Crippen molar-refractivity contribution in [3.8, 4) is 5.75 Å². The van der Waals surface area contributed by atoms with E-state index in [1.54, 1.807) is 4.90 Å². The van der Waals surface area contributed by atoms with E-state index in [0.717, 1.165) is 11.4 Å². The van der Waals surface area contributed by atoms with E-state index in [4.69, 9.17) is 9.47 Å². The highest BCUT2D eigenvalue weighted by Gasteiger charge is 2.28. The molecule has 0 aliphatic carbocycles. The fourth-order valence-corrected chi connectivity index (χ4v) is 2.20. The number of hydrogen-bond donors (Lipinski definition) is 1. The number of nitrogens with zero attached hydrogens (tertiary/aromatic N) is 1. The molecule has 2 rings (SSSR count). The lowest BCUT2D eigenvalue weighted by Gasteiger charge is -2.30. The summed E-state index contributed by atoms with van der Waals surface area (Å²) in [4.78, 5) is 14.2. The number of carbonyl (C=O) groups excluding carboxylic acids is 1. The molecule has 1 aromatic rings. The molecule has 0 aromatic heterocycles. The van der Waals surface area contributed by atoms with Gasteiger partial charge in [0.15, 0.2) is 6.10 Å². The van der Waals surface area contributed by atoms with Gasteiger partial charge in [0.25, 0.3) is 5.91 Å². The number of hydrogen-bond acceptors (Lipinski definition) is 4. The van der Waals surface area contributed by atoms with Gasteiger partial charge >= 0.3 is 0 Å². The molecule has 1 atom stereocenters. The van der Waals surface area contributed by atoms with E-state index in [2.05, 4.69) is 5.32 Å². The van der Waals surface area contributed by atoms with E-state index < -0.39 is 6.10 Å². The van der Waals surface area contributed by atoms with Crippen LogP contribution in [0.25, 0.3) is 0 Å². The van der Waals surface area contributed by atoms with Crippen LogP contribution >= 0.6 is 0 Å². The predicted molar refractivity (Wildman–Crippen MR) is 78.1 cm³/mol. The molecule has 0 radical (unpaired) electrons. The van der Waals surface area contributed by atoms with Crippen molar-refractivity contribution >= 4 is 11.6 Å². The number of likely N-dealkylation sites (N-methyl/N-ethyl adjacent to an activating group) is 1. The van der Waals surface area contributed by atoms with Gasteiger partial charge in [-0.05, 0) is 26.0 Å². The maximum absolute atomic E-state index is 12.4. The van der Waals surface area contributed by atoms with Crippen molar-refractivity contribution in [1.82, 2.24) is 4.90 Å². The summed E-state index contributed by atoms with van der Waals surface area (Å²) in [6, 6.07) is 7.67. The molecule has 0 saturated heterocycles. The molecule has 0 bridgehead atoms. The minimum Gasteiger partial charge on any atom is -0.477 e. The van der Waals surface area contributed by atoms with E-state index in [9.17, 15) is 4.79 Å². The van der Waals surface area contributed by atoms with Crippen LogP contribution in [0.2, 0.25) is 0 Å². The number of rotatable bonds is 6. The number of carbonyl (C=O) groups is 1. The first kappa shape index (κ1) is 14.7. The van der Waals surface area contributed by atoms with Gasteiger partial charge in [-0.3, -0.25) is 4.79 Å². The molecule has 1 aliphatic heterocycles. The Hall–Kier alpha value is -1.75. The average Bonchev–Trinajstić information content (AvgIpc) is 2.50. The Labute approximate surface area is 119 Å². The number of anilines is 1. The molecule has 20 heavy (non-hydrogen) atoms. The van der Waals surface area contributed by atoms with Crippen molar-refractivity contribution in [2.24, 2.45) is 0 Å². The standard InChI is InChI=1S/C15H22N2O3/c1-3-17(9-10-19-4-2)15(18)14-11-16-12-7-5-6-8-13(12)20-14/h5-8,14,16H,3-4,9-11H2,1-2H3. The third-order valence-corrected chi connectivity index (χ3v) is 3.31. The first-order chi connectivity index (χ1) is 9.76. The van der Waals surface area contributed by atoms with Crippen molar-refractivity contribution in [1.29, 1.82) is 0 Å². The lowest BCUT2D eigenvalue weighted by Crippen LogP contribution is -2.47. The van der Waals surface area contributed by atoms with Crippen molar-refractivity contribution in [2.75, 3.05) is 38.2 Å². The molecule has 1 N–H and O–H groups in total. The van der Waals surface area contributed by atoms with Crippen LogP contribution < -0.4 is 10.1 Å². The highest BCUT2D eigenvalue weighted by Crippen LogP contribution is 2.28. The summed E-state index contributed by atoms with van der Waals surface area (Å²) in [5.41, 5.74) is 0.939. The zero-order valence-corrected chi connectivity index (χ0v) is 12.1. The largest absolute Gasteiger partial charge is 0.477 e. The number of fused-ring (bicyclic) bond motifs is 1. The summed E-state index contributed by atoms with van der Waals surface area (Å²) in [5, 5.41) is 3.24. The minimum atomic E-state index is -0.466. The smallest absolute Gasteiger partial charge is 0.265 e. The van der Waals surface area contributed by atoms with Crippen molar-refractivity contribution in [3.05, 3.63) is 24.3 Å². The summed E-state index contributed by atoms with van der Waals surface area (Å²) >= 11 is 0. The van der Waals surface area contributed by atoms with Crippen LogP contribution in [0.1, 0.15) is 13.8 Å². The molecule has 1 unspecified atom stereocenters. The molecule has 1 aliphatic rings. The predicted octanol–water partition coefficient (Wildman–Crippen LogP) is 1.74. The zero-order valence-electron chi connectivity index (χ0n) is 12.1. The van der Waals surface area contributed by atoms with Crippen LogP contribution in [0.4, 0.5) is 5.69 Å². The summed E-state index contributed by atoms with van der Waals surface area (Å²) in [7, 11) is 0. The van der Waals surface area contributed by atoms with Crippen LogP contribution in [0.3, 0.4) is 0 Å². The van der Waals surface area contributed by atoms with Crippen LogP contribution in [0.5, 0.6) is 5.75 Å². The Morgan fingerprint density at radius 3 is 3.00 bits per heavy atom. The van der Waals surface area contributed by atoms with Gasteiger partial charge in [0.2, 0.25) is 0 Å². The minimum absolute atomic E-state index is 0.00852. The lowest BCUT2D eigenvalue weighted by atomic mass is 10.2. The Morgan fingerprint density at radius 2 is 2.25 bits per heavy atom. The zero-order chi connectivity index (χ0) is 14.4. The molecule has 1 aromatic carbocycles. The lowest BCUT2D eigenvalue weighted by molar-refractivity contribution is -0.138. The first-order valence-corrected chi connectivity index (χ1v) is 7.12. The number of para-hydroxylation sites is 2. The molecule has 0 saturated carbocycles. The normalized spacial score (nSPS) is 16.8. The fraction of sp³-hybridized carbons (Fsp3) is 0.533. The Balaban J connectivity index is 1.95. The van der Waals surface area contributed by atoms with Gasteiger partial charge in [-0.1, -0.05) is 12.1 Å². The van der Waals surface area contributed by atoms with Gasteiger partial charge in [0.05, 0.1) is 18.8 Å². The Kier molecular flexibility index (Phi) is 5.24. The summed E-state index contributed by atoms with van der Waals surface area (Å²) in [5.74, 6) is 0.743. The number of ether oxygens (including phenoxy) is 2. The van der Waals surface area contributed by atoms with E-state index in [1.807, 2.05) is 38.1 Å². The third-order valence-electron chi connectivity index (χ3n) is 3.31. The molecule has 110 valence electrons. The average molecular weight is 278 g/mol. The Morgan fingerprint density at radius 1 is 1.45 bits per heavy atom. The van der Waals surface area contributed by atoms with Gasteiger partial charge in [0.1, 0.15) is 5.75 Å². The van der Waals surface area contributed by atoms with Crippen molar-refractivity contribution < 1.29 is 14.3 Å². The molecular weight excluding hydrogens is 256 g/mol. The van der Waals surface area contributed by atoms with Gasteiger partial charge in [-0.15, -0.1) is 0 Å². The second kappa shape index (κ2) is 7.14. The highest BCUT2D eigenvalue weighted by atomic mass is 16.5. The molecule has 0 fully saturated rings. The van der Waals surface area contributed by atoms with Gasteiger partial charge in [0, 0.05) is 19.7 Å². The van der Waals surface area contributed by atoms with E-state index in [0.29, 0.717) is 32.8 Å². The summed E-state index contributed by atoms with van der Waals surface area (Å²) < 4.78 is 11.1. The third kappa shape index (κ3) is 3.42. The second-order valence-corrected chi connectivity index (χ2v) is 4.60. The number of amides is 1. The van der Waals surface area contributed by atoms with Gasteiger partial charge in [-0.25, -0.2) is 0 Å². The van der Waals surface area contributed by atoms with Crippen LogP contribution in [-0.2, 0) is 9.53 Å². The maximum Gasteiger partial charge on any atom is 0.265 e. The van der Waals surface area contributed by atoms with E-state index in [-0.39, 0.29) is 5.91 Å². The number of benzene rings is 1. The molecule has 5 heteroatoms. The van der Waals surface area contributed by atoms with E-state index >= 15 is 0 Å². The monoisotopic (exact) mass is 278 g/mol. The van der Waals surface area contributed by atoms with Crippen LogP contribution in [-0.4, -0.2) is 49.8 Å². The second-order valence-electron chi connectivity index (χ2n) is 4.60. The van der Waals surface area contributed by atoms with E-state index in [1.165, 1.54) is 0 Å². The molecule has 1 heterocycles. The van der Waals surface area contributed by atoms with Crippen LogP contribution in [0, 0.1) is 0 Å². The topological polar surface area (TPSA) is 50.8 Å². The Bertz CT molecular complexity index is 450. The maximum atomic E-state index is 12.4. The summed E-state index contributed by atoms with van der Waals surface area (Å²) in [6.07, 6.45) is -0.466. The number of nitrogens with one attached hydrogen (secondary N) is 1. The van der Waals surface area contributed by atoms with Crippen molar-refractivity contribution in [2.45, 2.75) is 20.0 Å². The molecule has 0 spiro atoms. The molecule has 5 nitrogen and oxygen atoms in total. The highest BCUT2D eigenvalue weighted by molar-refractivity contribution is 5.83.